The summed E-state index contributed by atoms with van der Waals surface area (Å²) in [6.07, 6.45) is 2.48. The molecule has 2 aromatic heterocycles. The number of aromatic nitrogens is 2. The Labute approximate surface area is 190 Å². The van der Waals surface area contributed by atoms with Gasteiger partial charge in [-0.25, -0.2) is 4.98 Å². The van der Waals surface area contributed by atoms with Crippen molar-refractivity contribution < 1.29 is 4.79 Å². The van der Waals surface area contributed by atoms with Crippen LogP contribution in [-0.4, -0.2) is 34.3 Å². The Balaban J connectivity index is 1.47. The van der Waals surface area contributed by atoms with Crippen LogP contribution in [0.25, 0.3) is 10.2 Å². The van der Waals surface area contributed by atoms with E-state index in [4.69, 9.17) is 4.98 Å². The number of anilines is 2. The highest BCUT2D eigenvalue weighted by atomic mass is 32.2. The first-order valence-corrected chi connectivity index (χ1v) is 12.4. The number of carbonyl (C=O) groups excluding carboxylic acids is 1. The predicted molar refractivity (Wildman–Crippen MR) is 131 cm³/mol. The van der Waals surface area contributed by atoms with Crippen molar-refractivity contribution in [2.45, 2.75) is 51.7 Å². The normalized spacial score (nSPS) is 14.0. The number of thioether (sulfide) groups is 1. The first-order chi connectivity index (χ1) is 14.8. The van der Waals surface area contributed by atoms with Crippen molar-refractivity contribution >= 4 is 50.6 Å². The lowest BCUT2D eigenvalue weighted by Crippen LogP contribution is -2.25. The molecule has 1 N–H and O–H groups in total. The van der Waals surface area contributed by atoms with Gasteiger partial charge >= 0.3 is 0 Å². The van der Waals surface area contributed by atoms with Crippen molar-refractivity contribution in [3.05, 3.63) is 45.1 Å². The molecule has 1 aliphatic rings. The van der Waals surface area contributed by atoms with Crippen LogP contribution in [0.15, 0.2) is 34.2 Å². The zero-order valence-electron chi connectivity index (χ0n) is 18.4. The second kappa shape index (κ2) is 9.04. The molecule has 0 radical (unpaired) electrons. The van der Waals surface area contributed by atoms with Gasteiger partial charge < -0.3 is 10.2 Å². The Bertz CT molecular complexity index is 1160. The summed E-state index contributed by atoms with van der Waals surface area (Å²) in [4.78, 5) is 34.6. The van der Waals surface area contributed by atoms with Gasteiger partial charge in [0.05, 0.1) is 11.1 Å². The van der Waals surface area contributed by atoms with Gasteiger partial charge in [-0.15, -0.1) is 11.3 Å². The Hall–Kier alpha value is -2.32. The minimum absolute atomic E-state index is 0.0257. The van der Waals surface area contributed by atoms with E-state index in [1.807, 2.05) is 39.8 Å². The number of fused-ring (bicyclic) bond motifs is 1. The van der Waals surface area contributed by atoms with Gasteiger partial charge in [-0.1, -0.05) is 11.8 Å². The molecule has 4 rings (SSSR count). The largest absolute Gasteiger partial charge is 0.372 e. The summed E-state index contributed by atoms with van der Waals surface area (Å²) in [5.74, 6) is 0.0872. The van der Waals surface area contributed by atoms with Gasteiger partial charge in [-0.05, 0) is 70.4 Å². The molecule has 3 aromatic rings. The first kappa shape index (κ1) is 21.9. The highest BCUT2D eigenvalue weighted by molar-refractivity contribution is 7.99. The zero-order chi connectivity index (χ0) is 22.1. The monoisotopic (exact) mass is 456 g/mol. The van der Waals surface area contributed by atoms with Crippen molar-refractivity contribution in [2.24, 2.45) is 0 Å². The summed E-state index contributed by atoms with van der Waals surface area (Å²) in [6, 6.07) is 7.97. The number of nitrogens with zero attached hydrogens (tertiary/aromatic N) is 3. The van der Waals surface area contributed by atoms with Crippen molar-refractivity contribution in [3.8, 4) is 0 Å². The third-order valence-corrected chi connectivity index (χ3v) is 7.73. The van der Waals surface area contributed by atoms with Crippen LogP contribution in [0.5, 0.6) is 0 Å². The molecule has 0 bridgehead atoms. The van der Waals surface area contributed by atoms with Gasteiger partial charge in [0.2, 0.25) is 5.91 Å². The third-order valence-electron chi connectivity index (χ3n) is 5.67. The average Bonchev–Trinajstić information content (AvgIpc) is 3.35. The molecular weight excluding hydrogens is 428 g/mol. The van der Waals surface area contributed by atoms with Gasteiger partial charge in [0, 0.05) is 35.4 Å². The maximum atomic E-state index is 13.1. The minimum Gasteiger partial charge on any atom is -0.372 e. The summed E-state index contributed by atoms with van der Waals surface area (Å²) in [6.45, 7) is 10.1. The molecule has 6 nitrogen and oxygen atoms in total. The van der Waals surface area contributed by atoms with Crippen LogP contribution >= 0.6 is 23.1 Å². The fourth-order valence-corrected chi connectivity index (χ4v) is 5.90. The molecule has 1 fully saturated rings. The third kappa shape index (κ3) is 4.50. The summed E-state index contributed by atoms with van der Waals surface area (Å²) in [7, 11) is 0. The van der Waals surface area contributed by atoms with E-state index in [-0.39, 0.29) is 23.3 Å². The molecule has 0 unspecified atom stereocenters. The van der Waals surface area contributed by atoms with Crippen LogP contribution in [0, 0.1) is 13.8 Å². The number of hydrogen-bond donors (Lipinski definition) is 1. The zero-order valence-corrected chi connectivity index (χ0v) is 20.0. The van der Waals surface area contributed by atoms with E-state index in [2.05, 4.69) is 22.3 Å². The van der Waals surface area contributed by atoms with Crippen LogP contribution in [0.3, 0.4) is 0 Å². The highest BCUT2D eigenvalue weighted by Gasteiger charge is 2.19. The predicted octanol–water partition coefficient (Wildman–Crippen LogP) is 4.99. The Morgan fingerprint density at radius 1 is 1.19 bits per heavy atom. The number of hydrogen-bond acceptors (Lipinski definition) is 6. The topological polar surface area (TPSA) is 67.2 Å². The Kier molecular flexibility index (Phi) is 6.39. The van der Waals surface area contributed by atoms with Gasteiger partial charge in [0.1, 0.15) is 4.83 Å². The van der Waals surface area contributed by atoms with Crippen LogP contribution < -0.4 is 15.8 Å². The molecule has 1 aromatic carbocycles. The number of rotatable bonds is 6. The molecule has 0 atom stereocenters. The summed E-state index contributed by atoms with van der Waals surface area (Å²) in [5, 5.41) is 4.24. The molecule has 0 aliphatic carbocycles. The fraction of sp³-hybridized carbons (Fsp3) is 0.435. The lowest BCUT2D eigenvalue weighted by molar-refractivity contribution is -0.113. The molecule has 8 heteroatoms. The number of benzene rings is 1. The molecular formula is C23H28N4O2S2. The quantitative estimate of drug-likeness (QED) is 0.418. The lowest BCUT2D eigenvalue weighted by atomic mass is 10.2. The van der Waals surface area contributed by atoms with Gasteiger partial charge in [0.25, 0.3) is 5.56 Å². The van der Waals surface area contributed by atoms with E-state index in [9.17, 15) is 9.59 Å². The average molecular weight is 457 g/mol. The number of aryl methyl sites for hydroxylation is 2. The van der Waals surface area contributed by atoms with E-state index in [0.29, 0.717) is 10.5 Å². The smallest absolute Gasteiger partial charge is 0.263 e. The van der Waals surface area contributed by atoms with Crippen LogP contribution in [0.4, 0.5) is 11.4 Å². The molecule has 0 saturated carbocycles. The van der Waals surface area contributed by atoms with Crippen LogP contribution in [0.1, 0.15) is 43.2 Å². The summed E-state index contributed by atoms with van der Waals surface area (Å²) in [5.41, 5.74) is 2.95. The Morgan fingerprint density at radius 3 is 2.52 bits per heavy atom. The van der Waals surface area contributed by atoms with E-state index in [1.165, 1.54) is 41.6 Å². The highest BCUT2D eigenvalue weighted by Crippen LogP contribution is 2.29. The standard InChI is InChI=1S/C23H28N4O2S2/c1-14(2)27-22(29)20-15(3)16(4)31-21(20)25-23(27)30-13-19(28)24-17-7-9-18(10-8-17)26-11-5-6-12-26/h7-10,14H,5-6,11-13H2,1-4H3,(H,24,28). The van der Waals surface area contributed by atoms with Crippen molar-refractivity contribution in [1.29, 1.82) is 0 Å². The maximum Gasteiger partial charge on any atom is 0.263 e. The van der Waals surface area contributed by atoms with E-state index in [0.717, 1.165) is 34.0 Å². The Morgan fingerprint density at radius 2 is 1.87 bits per heavy atom. The van der Waals surface area contributed by atoms with E-state index >= 15 is 0 Å². The van der Waals surface area contributed by atoms with Crippen LogP contribution in [0.2, 0.25) is 0 Å². The summed E-state index contributed by atoms with van der Waals surface area (Å²) >= 11 is 2.84. The molecule has 1 saturated heterocycles. The number of nitrogens with one attached hydrogen (secondary N) is 1. The first-order valence-electron chi connectivity index (χ1n) is 10.6. The number of amides is 1. The second-order valence-corrected chi connectivity index (χ2v) is 10.4. The number of carbonyl (C=O) groups is 1. The maximum absolute atomic E-state index is 13.1. The molecule has 3 heterocycles. The van der Waals surface area contributed by atoms with Gasteiger partial charge in [-0.3, -0.25) is 14.2 Å². The van der Waals surface area contributed by atoms with Crippen molar-refractivity contribution in [3.63, 3.8) is 0 Å². The molecule has 31 heavy (non-hydrogen) atoms. The molecule has 1 aliphatic heterocycles. The van der Waals surface area contributed by atoms with E-state index in [1.54, 1.807) is 4.57 Å². The fourth-order valence-electron chi connectivity index (χ4n) is 3.90. The van der Waals surface area contributed by atoms with Crippen LogP contribution in [-0.2, 0) is 4.79 Å². The summed E-state index contributed by atoms with van der Waals surface area (Å²) < 4.78 is 1.70. The van der Waals surface area contributed by atoms with Gasteiger partial charge in [-0.2, -0.15) is 0 Å². The lowest BCUT2D eigenvalue weighted by Gasteiger charge is -2.18. The molecule has 164 valence electrons. The minimum atomic E-state index is -0.109. The molecule has 1 amide bonds. The molecule has 0 spiro atoms. The van der Waals surface area contributed by atoms with Gasteiger partial charge in [0.15, 0.2) is 5.16 Å². The SMILES string of the molecule is Cc1sc2nc(SCC(=O)Nc3ccc(N4CCCC4)cc3)n(C(C)C)c(=O)c2c1C. The second-order valence-electron chi connectivity index (χ2n) is 8.20. The van der Waals surface area contributed by atoms with Crippen molar-refractivity contribution in [1.82, 2.24) is 9.55 Å². The number of thiophene rings is 1. The van der Waals surface area contributed by atoms with Crippen molar-refractivity contribution in [2.75, 3.05) is 29.1 Å². The van der Waals surface area contributed by atoms with E-state index < -0.39 is 0 Å².